The van der Waals surface area contributed by atoms with E-state index in [9.17, 15) is 0 Å². The van der Waals surface area contributed by atoms with Crippen LogP contribution in [0.1, 0.15) is 36.6 Å². The van der Waals surface area contributed by atoms with Crippen molar-refractivity contribution >= 4 is 10.9 Å². The molecule has 108 valence electrons. The van der Waals surface area contributed by atoms with E-state index >= 15 is 0 Å². The first-order valence-electron chi connectivity index (χ1n) is 8.40. The van der Waals surface area contributed by atoms with Crippen molar-refractivity contribution in [2.75, 3.05) is 13.1 Å². The first kappa shape index (κ1) is 12.0. The summed E-state index contributed by atoms with van der Waals surface area (Å²) in [6.45, 7) is 2.54. The zero-order valence-electron chi connectivity index (χ0n) is 12.4. The van der Waals surface area contributed by atoms with Gasteiger partial charge in [-0.25, -0.2) is 0 Å². The number of aromatic amines is 1. The largest absolute Gasteiger partial charge is 0.357 e. The number of para-hydroxylation sites is 1. The molecule has 3 aliphatic rings. The average molecular weight is 278 g/mol. The van der Waals surface area contributed by atoms with E-state index in [1.165, 1.54) is 55.4 Å². The number of benzene rings is 1. The molecule has 21 heavy (non-hydrogen) atoms. The summed E-state index contributed by atoms with van der Waals surface area (Å²) in [4.78, 5) is 6.49. The number of aromatic nitrogens is 1. The van der Waals surface area contributed by atoms with E-state index in [0.29, 0.717) is 6.04 Å². The van der Waals surface area contributed by atoms with Gasteiger partial charge in [0.1, 0.15) is 0 Å². The molecule has 2 aromatic rings. The highest BCUT2D eigenvalue weighted by Crippen LogP contribution is 2.45. The standard InChI is InChI=1S/C19H22N2/c1-2-6-14-12-21-10-9-16-15-7-3-4-8-17(15)20-19(16)18(21)11-13(14)5-1/h1,3-5,7-8,13-14,18,20H,2,6,9-12H2/t13-,14-,18-/m0/s1. The lowest BCUT2D eigenvalue weighted by atomic mass is 9.74. The first-order chi connectivity index (χ1) is 10.4. The highest BCUT2D eigenvalue weighted by atomic mass is 15.2. The molecule has 3 atom stereocenters. The highest BCUT2D eigenvalue weighted by molar-refractivity contribution is 5.85. The van der Waals surface area contributed by atoms with Crippen LogP contribution in [-0.2, 0) is 6.42 Å². The molecular formula is C19H22N2. The summed E-state index contributed by atoms with van der Waals surface area (Å²) >= 11 is 0. The van der Waals surface area contributed by atoms with Crippen molar-refractivity contribution in [1.29, 1.82) is 0 Å². The molecule has 1 aromatic carbocycles. The first-order valence-corrected chi connectivity index (χ1v) is 8.40. The van der Waals surface area contributed by atoms with E-state index in [0.717, 1.165) is 11.8 Å². The molecule has 1 fully saturated rings. The van der Waals surface area contributed by atoms with Gasteiger partial charge in [-0.1, -0.05) is 30.4 Å². The number of hydrogen-bond donors (Lipinski definition) is 1. The van der Waals surface area contributed by atoms with Gasteiger partial charge >= 0.3 is 0 Å². The lowest BCUT2D eigenvalue weighted by molar-refractivity contribution is 0.0630. The molecule has 1 aliphatic carbocycles. The second-order valence-corrected chi connectivity index (χ2v) is 6.99. The maximum absolute atomic E-state index is 3.74. The Labute approximate surface area is 125 Å². The minimum Gasteiger partial charge on any atom is -0.357 e. The van der Waals surface area contributed by atoms with Crippen molar-refractivity contribution in [1.82, 2.24) is 9.88 Å². The van der Waals surface area contributed by atoms with Crippen LogP contribution < -0.4 is 0 Å². The van der Waals surface area contributed by atoms with E-state index in [-0.39, 0.29) is 0 Å². The van der Waals surface area contributed by atoms with Crippen LogP contribution >= 0.6 is 0 Å². The Balaban J connectivity index is 1.59. The van der Waals surface area contributed by atoms with Crippen LogP contribution in [0.15, 0.2) is 36.4 Å². The minimum absolute atomic E-state index is 0.616. The third-order valence-corrected chi connectivity index (χ3v) is 5.93. The second-order valence-electron chi connectivity index (χ2n) is 6.99. The fraction of sp³-hybridized carbons (Fsp3) is 0.474. The van der Waals surface area contributed by atoms with Gasteiger partial charge in [-0.2, -0.15) is 0 Å². The summed E-state index contributed by atoms with van der Waals surface area (Å²) in [6.07, 6.45) is 10.1. The molecule has 0 radical (unpaired) electrons. The molecular weight excluding hydrogens is 256 g/mol. The molecule has 5 rings (SSSR count). The molecule has 2 nitrogen and oxygen atoms in total. The van der Waals surface area contributed by atoms with E-state index in [1.54, 1.807) is 5.56 Å². The Morgan fingerprint density at radius 1 is 1.19 bits per heavy atom. The molecule has 0 bridgehead atoms. The van der Waals surface area contributed by atoms with E-state index in [2.05, 4.69) is 46.3 Å². The highest BCUT2D eigenvalue weighted by Gasteiger charge is 2.39. The van der Waals surface area contributed by atoms with E-state index < -0.39 is 0 Å². The van der Waals surface area contributed by atoms with Crippen molar-refractivity contribution in [3.05, 3.63) is 47.7 Å². The van der Waals surface area contributed by atoms with Crippen molar-refractivity contribution < 1.29 is 0 Å². The van der Waals surface area contributed by atoms with Gasteiger partial charge in [0.25, 0.3) is 0 Å². The molecule has 2 aliphatic heterocycles. The molecule has 1 saturated heterocycles. The number of rotatable bonds is 0. The summed E-state index contributed by atoms with van der Waals surface area (Å²) in [5, 5.41) is 1.45. The Bertz CT molecular complexity index is 711. The van der Waals surface area contributed by atoms with Crippen LogP contribution in [0.3, 0.4) is 0 Å². The van der Waals surface area contributed by atoms with Gasteiger partial charge in [-0.3, -0.25) is 4.90 Å². The van der Waals surface area contributed by atoms with Gasteiger partial charge in [0.2, 0.25) is 0 Å². The second kappa shape index (κ2) is 4.48. The topological polar surface area (TPSA) is 19.0 Å². The molecule has 0 spiro atoms. The maximum Gasteiger partial charge on any atom is 0.0507 e. The Kier molecular flexibility index (Phi) is 2.57. The van der Waals surface area contributed by atoms with Gasteiger partial charge in [0.05, 0.1) is 6.04 Å². The average Bonchev–Trinajstić information content (AvgIpc) is 2.92. The summed E-state index contributed by atoms with van der Waals surface area (Å²) in [7, 11) is 0. The predicted molar refractivity (Wildman–Crippen MR) is 86.3 cm³/mol. The van der Waals surface area contributed by atoms with Crippen LogP contribution in [0, 0.1) is 11.8 Å². The number of nitrogens with one attached hydrogen (secondary N) is 1. The maximum atomic E-state index is 3.74. The number of hydrogen-bond acceptors (Lipinski definition) is 1. The van der Waals surface area contributed by atoms with Gasteiger partial charge in [0.15, 0.2) is 0 Å². The molecule has 2 heteroatoms. The fourth-order valence-corrected chi connectivity index (χ4v) is 4.86. The van der Waals surface area contributed by atoms with Gasteiger partial charge in [-0.15, -0.1) is 0 Å². The van der Waals surface area contributed by atoms with Crippen LogP contribution in [0.4, 0.5) is 0 Å². The third kappa shape index (κ3) is 1.75. The molecule has 1 N–H and O–H groups in total. The van der Waals surface area contributed by atoms with Crippen LogP contribution in [0.2, 0.25) is 0 Å². The number of piperidine rings is 1. The zero-order valence-corrected chi connectivity index (χ0v) is 12.4. The smallest absolute Gasteiger partial charge is 0.0507 e. The van der Waals surface area contributed by atoms with Crippen LogP contribution in [0.25, 0.3) is 10.9 Å². The molecule has 1 aromatic heterocycles. The van der Waals surface area contributed by atoms with Crippen molar-refractivity contribution in [3.8, 4) is 0 Å². The molecule has 3 heterocycles. The van der Waals surface area contributed by atoms with Gasteiger partial charge in [-0.05, 0) is 49.1 Å². The lowest BCUT2D eigenvalue weighted by Gasteiger charge is -2.46. The van der Waals surface area contributed by atoms with Crippen LogP contribution in [0.5, 0.6) is 0 Å². The van der Waals surface area contributed by atoms with Gasteiger partial charge in [0, 0.05) is 29.7 Å². The normalized spacial score (nSPS) is 31.7. The zero-order chi connectivity index (χ0) is 13.8. The fourth-order valence-electron chi connectivity index (χ4n) is 4.86. The van der Waals surface area contributed by atoms with Gasteiger partial charge < -0.3 is 4.98 Å². The number of H-pyrrole nitrogens is 1. The van der Waals surface area contributed by atoms with E-state index in [1.807, 2.05) is 0 Å². The summed E-state index contributed by atoms with van der Waals surface area (Å²) in [6, 6.07) is 9.44. The van der Waals surface area contributed by atoms with Crippen molar-refractivity contribution in [2.24, 2.45) is 11.8 Å². The van der Waals surface area contributed by atoms with Crippen LogP contribution in [-0.4, -0.2) is 23.0 Å². The monoisotopic (exact) mass is 278 g/mol. The number of allylic oxidation sites excluding steroid dienone is 2. The van der Waals surface area contributed by atoms with Crippen molar-refractivity contribution in [2.45, 2.75) is 31.7 Å². The predicted octanol–water partition coefficient (Wildman–Crippen LogP) is 4.05. The number of fused-ring (bicyclic) bond motifs is 6. The minimum atomic E-state index is 0.616. The Morgan fingerprint density at radius 3 is 3.14 bits per heavy atom. The Hall–Kier alpha value is -1.54. The summed E-state index contributed by atoms with van der Waals surface area (Å²) in [5.74, 6) is 1.70. The molecule has 0 unspecified atom stereocenters. The quantitative estimate of drug-likeness (QED) is 0.720. The SMILES string of the molecule is C1=C[C@H]2C[C@H]3c4[nH]c5ccccc5c4CCN3C[C@@H]2CC1. The van der Waals surface area contributed by atoms with Crippen molar-refractivity contribution in [3.63, 3.8) is 0 Å². The summed E-state index contributed by atoms with van der Waals surface area (Å²) in [5.41, 5.74) is 4.43. The van der Waals surface area contributed by atoms with E-state index in [4.69, 9.17) is 0 Å². The Morgan fingerprint density at radius 2 is 2.14 bits per heavy atom. The molecule has 0 amide bonds. The third-order valence-electron chi connectivity index (χ3n) is 5.93. The lowest BCUT2D eigenvalue weighted by Crippen LogP contribution is -2.46. The summed E-state index contributed by atoms with van der Waals surface area (Å²) < 4.78 is 0. The number of nitrogens with zero attached hydrogens (tertiary/aromatic N) is 1. The molecule has 0 saturated carbocycles.